The fourth-order valence-electron chi connectivity index (χ4n) is 2.64. The molecule has 0 radical (unpaired) electrons. The lowest BCUT2D eigenvalue weighted by Crippen LogP contribution is -2.22. The van der Waals surface area contributed by atoms with Gasteiger partial charge in [-0.15, -0.1) is 0 Å². The highest BCUT2D eigenvalue weighted by molar-refractivity contribution is 9.10. The van der Waals surface area contributed by atoms with Crippen LogP contribution in [0.3, 0.4) is 0 Å². The molecule has 1 aliphatic rings. The van der Waals surface area contributed by atoms with Crippen LogP contribution in [0.5, 0.6) is 0 Å². The maximum atomic E-state index is 12.1. The summed E-state index contributed by atoms with van der Waals surface area (Å²) in [6, 6.07) is 4.04. The number of anilines is 1. The van der Waals surface area contributed by atoms with E-state index in [1.54, 1.807) is 0 Å². The number of hydrogen-bond donors (Lipinski definition) is 1. The molecule has 0 bridgehead atoms. The van der Waals surface area contributed by atoms with Gasteiger partial charge in [0.1, 0.15) is 0 Å². The number of ether oxygens (including phenoxy) is 1. The Bertz CT molecular complexity index is 458. The van der Waals surface area contributed by atoms with Gasteiger partial charge < -0.3 is 10.1 Å². The number of rotatable bonds is 4. The van der Waals surface area contributed by atoms with Crippen LogP contribution in [0.1, 0.15) is 43.2 Å². The highest BCUT2D eigenvalue weighted by Crippen LogP contribution is 2.25. The molecule has 1 atom stereocenters. The third-order valence-electron chi connectivity index (χ3n) is 3.73. The van der Waals surface area contributed by atoms with E-state index in [4.69, 9.17) is 4.74 Å². The van der Waals surface area contributed by atoms with Crippen molar-refractivity contribution in [3.8, 4) is 0 Å². The Kier molecular flexibility index (Phi) is 5.61. The predicted octanol–water partition coefficient (Wildman–Crippen LogP) is 4.35. The fraction of sp³-hybridized carbons (Fsp3) is 0.562. The SMILES string of the molecule is Cc1cc(Br)cc(C)c1NC(=O)CCC1CCCCO1. The number of hydrogen-bond acceptors (Lipinski definition) is 2. The smallest absolute Gasteiger partial charge is 0.224 e. The van der Waals surface area contributed by atoms with E-state index in [0.717, 1.165) is 47.2 Å². The Morgan fingerprint density at radius 3 is 2.65 bits per heavy atom. The van der Waals surface area contributed by atoms with Gasteiger partial charge in [-0.3, -0.25) is 4.79 Å². The van der Waals surface area contributed by atoms with E-state index in [1.165, 1.54) is 6.42 Å². The second-order valence-electron chi connectivity index (χ2n) is 5.49. The van der Waals surface area contributed by atoms with Gasteiger partial charge >= 0.3 is 0 Å². The second-order valence-corrected chi connectivity index (χ2v) is 6.41. The lowest BCUT2D eigenvalue weighted by molar-refractivity contribution is -0.117. The molecule has 0 saturated carbocycles. The van der Waals surface area contributed by atoms with Crippen LogP contribution in [0.2, 0.25) is 0 Å². The Hall–Kier alpha value is -0.870. The van der Waals surface area contributed by atoms with Gasteiger partial charge in [0.2, 0.25) is 5.91 Å². The summed E-state index contributed by atoms with van der Waals surface area (Å²) in [6.07, 6.45) is 5.07. The van der Waals surface area contributed by atoms with E-state index in [1.807, 2.05) is 26.0 Å². The highest BCUT2D eigenvalue weighted by atomic mass is 79.9. The van der Waals surface area contributed by atoms with Gasteiger partial charge in [-0.2, -0.15) is 0 Å². The van der Waals surface area contributed by atoms with E-state index in [2.05, 4.69) is 21.2 Å². The summed E-state index contributed by atoms with van der Waals surface area (Å²) in [5.74, 6) is 0.0766. The first kappa shape index (κ1) is 15.5. The van der Waals surface area contributed by atoms with Gasteiger partial charge in [0.15, 0.2) is 0 Å². The molecule has 1 fully saturated rings. The van der Waals surface area contributed by atoms with Crippen LogP contribution >= 0.6 is 15.9 Å². The summed E-state index contributed by atoms with van der Waals surface area (Å²) in [4.78, 5) is 12.1. The lowest BCUT2D eigenvalue weighted by Gasteiger charge is -2.22. The Labute approximate surface area is 129 Å². The number of nitrogens with one attached hydrogen (secondary N) is 1. The number of carbonyl (C=O) groups is 1. The first-order valence-corrected chi connectivity index (χ1v) is 8.04. The van der Waals surface area contributed by atoms with Crippen LogP contribution in [-0.2, 0) is 9.53 Å². The molecule has 1 heterocycles. The zero-order chi connectivity index (χ0) is 14.5. The van der Waals surface area contributed by atoms with Crippen LogP contribution in [0.4, 0.5) is 5.69 Å². The average molecular weight is 340 g/mol. The summed E-state index contributed by atoms with van der Waals surface area (Å²) in [5, 5.41) is 3.03. The quantitative estimate of drug-likeness (QED) is 0.885. The second kappa shape index (κ2) is 7.23. The van der Waals surface area contributed by atoms with Gasteiger partial charge in [0.05, 0.1) is 6.10 Å². The molecule has 1 unspecified atom stereocenters. The molecule has 2 rings (SSSR count). The van der Waals surface area contributed by atoms with E-state index in [-0.39, 0.29) is 12.0 Å². The summed E-state index contributed by atoms with van der Waals surface area (Å²) >= 11 is 3.47. The molecule has 20 heavy (non-hydrogen) atoms. The number of benzene rings is 1. The molecule has 3 nitrogen and oxygen atoms in total. The molecule has 1 saturated heterocycles. The molecule has 4 heteroatoms. The minimum atomic E-state index is 0.0766. The maximum absolute atomic E-state index is 12.1. The molecular weight excluding hydrogens is 318 g/mol. The van der Waals surface area contributed by atoms with Crippen molar-refractivity contribution in [2.75, 3.05) is 11.9 Å². The van der Waals surface area contributed by atoms with E-state index in [0.29, 0.717) is 6.42 Å². The number of halogens is 1. The van der Waals surface area contributed by atoms with Gasteiger partial charge in [-0.25, -0.2) is 0 Å². The fourth-order valence-corrected chi connectivity index (χ4v) is 3.32. The summed E-state index contributed by atoms with van der Waals surface area (Å²) < 4.78 is 6.70. The Morgan fingerprint density at radius 2 is 2.05 bits per heavy atom. The molecule has 1 amide bonds. The molecular formula is C16H22BrNO2. The monoisotopic (exact) mass is 339 g/mol. The molecule has 1 aromatic carbocycles. The molecule has 0 spiro atoms. The van der Waals surface area contributed by atoms with E-state index in [9.17, 15) is 4.79 Å². The standard InChI is InChI=1S/C16H22BrNO2/c1-11-9-13(17)10-12(2)16(11)18-15(19)7-6-14-5-3-4-8-20-14/h9-10,14H,3-8H2,1-2H3,(H,18,19). The van der Waals surface area contributed by atoms with Crippen LogP contribution < -0.4 is 5.32 Å². The zero-order valence-corrected chi connectivity index (χ0v) is 13.8. The van der Waals surface area contributed by atoms with Gasteiger partial charge in [0.25, 0.3) is 0 Å². The minimum absolute atomic E-state index is 0.0766. The molecule has 0 aromatic heterocycles. The van der Waals surface area contributed by atoms with Crippen molar-refractivity contribution in [1.82, 2.24) is 0 Å². The number of amides is 1. The Morgan fingerprint density at radius 1 is 1.35 bits per heavy atom. The summed E-state index contributed by atoms with van der Waals surface area (Å²) in [6.45, 7) is 4.87. The molecule has 1 N–H and O–H groups in total. The highest BCUT2D eigenvalue weighted by Gasteiger charge is 2.16. The van der Waals surface area contributed by atoms with Gasteiger partial charge in [-0.05, 0) is 62.8 Å². The van der Waals surface area contributed by atoms with Crippen molar-refractivity contribution >= 4 is 27.5 Å². The van der Waals surface area contributed by atoms with Crippen molar-refractivity contribution < 1.29 is 9.53 Å². The maximum Gasteiger partial charge on any atom is 0.224 e. The first-order chi connectivity index (χ1) is 9.56. The lowest BCUT2D eigenvalue weighted by atomic mass is 10.0. The predicted molar refractivity (Wildman–Crippen MR) is 85.1 cm³/mol. The van der Waals surface area contributed by atoms with E-state index >= 15 is 0 Å². The number of aryl methyl sites for hydroxylation is 2. The largest absolute Gasteiger partial charge is 0.378 e. The average Bonchev–Trinajstić information content (AvgIpc) is 2.42. The zero-order valence-electron chi connectivity index (χ0n) is 12.2. The van der Waals surface area contributed by atoms with E-state index < -0.39 is 0 Å². The van der Waals surface area contributed by atoms with Crippen LogP contribution in [0.15, 0.2) is 16.6 Å². The van der Waals surface area contributed by atoms with Crippen molar-refractivity contribution in [1.29, 1.82) is 0 Å². The number of carbonyl (C=O) groups excluding carboxylic acids is 1. The Balaban J connectivity index is 1.88. The third kappa shape index (κ3) is 4.32. The summed E-state index contributed by atoms with van der Waals surface area (Å²) in [5.41, 5.74) is 3.10. The van der Waals surface area contributed by atoms with Crippen molar-refractivity contribution in [2.45, 2.75) is 52.1 Å². The van der Waals surface area contributed by atoms with Crippen molar-refractivity contribution in [3.05, 3.63) is 27.7 Å². The van der Waals surface area contributed by atoms with Crippen molar-refractivity contribution in [3.63, 3.8) is 0 Å². The van der Waals surface area contributed by atoms with Crippen LogP contribution in [0, 0.1) is 13.8 Å². The minimum Gasteiger partial charge on any atom is -0.378 e. The molecule has 0 aliphatic carbocycles. The molecule has 110 valence electrons. The van der Waals surface area contributed by atoms with Gasteiger partial charge in [0, 0.05) is 23.2 Å². The van der Waals surface area contributed by atoms with Crippen LogP contribution in [-0.4, -0.2) is 18.6 Å². The van der Waals surface area contributed by atoms with Gasteiger partial charge in [-0.1, -0.05) is 15.9 Å². The van der Waals surface area contributed by atoms with Crippen molar-refractivity contribution in [2.24, 2.45) is 0 Å². The summed E-state index contributed by atoms with van der Waals surface area (Å²) in [7, 11) is 0. The normalized spacial score (nSPS) is 18.9. The first-order valence-electron chi connectivity index (χ1n) is 7.24. The van der Waals surface area contributed by atoms with Crippen LogP contribution in [0.25, 0.3) is 0 Å². The molecule has 1 aromatic rings. The topological polar surface area (TPSA) is 38.3 Å². The molecule has 1 aliphatic heterocycles. The third-order valence-corrected chi connectivity index (χ3v) is 4.19.